The molecule has 0 amide bonds. The van der Waals surface area contributed by atoms with Crippen LogP contribution in [-0.2, 0) is 9.53 Å². The van der Waals surface area contributed by atoms with Crippen molar-refractivity contribution in [2.75, 3.05) is 6.61 Å². The zero-order valence-corrected chi connectivity index (χ0v) is 20.9. The minimum Gasteiger partial charge on any atom is -0.491 e. The number of fused-ring (bicyclic) bond motifs is 1. The van der Waals surface area contributed by atoms with E-state index in [0.29, 0.717) is 36.9 Å². The second-order valence-electron chi connectivity index (χ2n) is 8.06. The molecule has 8 heteroatoms. The number of esters is 1. The molecule has 1 aliphatic heterocycles. The summed E-state index contributed by atoms with van der Waals surface area (Å²) in [5, 5.41) is 0.583. The predicted octanol–water partition coefficient (Wildman–Crippen LogP) is 4.24. The molecule has 0 N–H and O–H groups in total. The Labute approximate surface area is 206 Å². The van der Waals surface area contributed by atoms with Gasteiger partial charge in [0.25, 0.3) is 5.56 Å². The molecule has 0 saturated heterocycles. The van der Waals surface area contributed by atoms with Crippen LogP contribution in [0, 0.1) is 0 Å². The number of carbonyl (C=O) groups is 1. The molecule has 0 aliphatic carbocycles. The number of carbonyl (C=O) groups excluding carboxylic acids is 1. The van der Waals surface area contributed by atoms with Crippen LogP contribution in [0.3, 0.4) is 0 Å². The maximum absolute atomic E-state index is 13.7. The van der Waals surface area contributed by atoms with Gasteiger partial charge in [0.05, 0.1) is 28.5 Å². The highest BCUT2D eigenvalue weighted by atomic mass is 35.5. The number of halogens is 1. The van der Waals surface area contributed by atoms with Gasteiger partial charge < -0.3 is 9.47 Å². The molecule has 2 heterocycles. The van der Waals surface area contributed by atoms with Crippen molar-refractivity contribution >= 4 is 35.0 Å². The van der Waals surface area contributed by atoms with Crippen LogP contribution in [0.2, 0.25) is 5.02 Å². The predicted molar refractivity (Wildman–Crippen MR) is 134 cm³/mol. The monoisotopic (exact) mass is 496 g/mol. The molecule has 0 unspecified atom stereocenters. The fourth-order valence-electron chi connectivity index (χ4n) is 3.90. The summed E-state index contributed by atoms with van der Waals surface area (Å²) in [5.74, 6) is 0.0978. The first-order valence-corrected chi connectivity index (χ1v) is 12.2. The Morgan fingerprint density at radius 3 is 2.71 bits per heavy atom. The topological polar surface area (TPSA) is 69.9 Å². The van der Waals surface area contributed by atoms with E-state index < -0.39 is 12.0 Å². The summed E-state index contributed by atoms with van der Waals surface area (Å²) < 4.78 is 13.5. The zero-order chi connectivity index (χ0) is 24.4. The number of para-hydroxylation sites is 1. The molecule has 4 rings (SSSR count). The average Bonchev–Trinajstić information content (AvgIpc) is 3.07. The molecule has 2 aromatic carbocycles. The third-order valence-electron chi connectivity index (χ3n) is 5.24. The highest BCUT2D eigenvalue weighted by Gasteiger charge is 2.35. The van der Waals surface area contributed by atoms with Gasteiger partial charge in [0.15, 0.2) is 4.80 Å². The average molecular weight is 497 g/mol. The summed E-state index contributed by atoms with van der Waals surface area (Å²) in [7, 11) is 0. The fourth-order valence-corrected chi connectivity index (χ4v) is 5.15. The number of benzene rings is 2. The van der Waals surface area contributed by atoms with Gasteiger partial charge in [-0.25, -0.2) is 9.79 Å². The van der Waals surface area contributed by atoms with Gasteiger partial charge in [-0.2, -0.15) is 0 Å². The zero-order valence-electron chi connectivity index (χ0n) is 19.4. The molecule has 176 valence electrons. The molecule has 1 aliphatic rings. The van der Waals surface area contributed by atoms with Crippen molar-refractivity contribution in [2.45, 2.75) is 39.8 Å². The van der Waals surface area contributed by atoms with Crippen LogP contribution in [-0.4, -0.2) is 23.2 Å². The number of aromatic nitrogens is 1. The quantitative estimate of drug-likeness (QED) is 0.479. The third-order valence-corrected chi connectivity index (χ3v) is 6.46. The van der Waals surface area contributed by atoms with Crippen molar-refractivity contribution in [3.05, 3.63) is 95.6 Å². The molecular formula is C26H25ClN2O4S. The van der Waals surface area contributed by atoms with Gasteiger partial charge in [0, 0.05) is 10.6 Å². The number of hydrogen-bond donors (Lipinski definition) is 0. The van der Waals surface area contributed by atoms with Crippen LogP contribution < -0.4 is 19.6 Å². The number of rotatable bonds is 6. The summed E-state index contributed by atoms with van der Waals surface area (Å²) >= 11 is 7.40. The molecule has 0 fully saturated rings. The fraction of sp³-hybridized carbons (Fsp3) is 0.269. The van der Waals surface area contributed by atoms with Crippen molar-refractivity contribution < 1.29 is 14.3 Å². The second-order valence-corrected chi connectivity index (χ2v) is 9.51. The normalized spacial score (nSPS) is 15.8. The lowest BCUT2D eigenvalue weighted by molar-refractivity contribution is -0.139. The Kier molecular flexibility index (Phi) is 7.05. The molecule has 6 nitrogen and oxygen atoms in total. The van der Waals surface area contributed by atoms with E-state index in [1.54, 1.807) is 36.6 Å². The van der Waals surface area contributed by atoms with Crippen LogP contribution in [0.25, 0.3) is 6.08 Å². The van der Waals surface area contributed by atoms with E-state index in [0.717, 1.165) is 5.56 Å². The lowest BCUT2D eigenvalue weighted by Crippen LogP contribution is -2.40. The van der Waals surface area contributed by atoms with Crippen molar-refractivity contribution in [1.29, 1.82) is 0 Å². The van der Waals surface area contributed by atoms with E-state index in [1.165, 1.54) is 11.3 Å². The maximum atomic E-state index is 13.7. The Morgan fingerprint density at radius 1 is 1.24 bits per heavy atom. The second kappa shape index (κ2) is 9.99. The Bertz CT molecular complexity index is 1450. The van der Waals surface area contributed by atoms with E-state index in [2.05, 4.69) is 4.99 Å². The smallest absolute Gasteiger partial charge is 0.338 e. The van der Waals surface area contributed by atoms with Crippen LogP contribution in [0.1, 0.15) is 44.9 Å². The van der Waals surface area contributed by atoms with E-state index in [-0.39, 0.29) is 18.3 Å². The van der Waals surface area contributed by atoms with Crippen LogP contribution in [0.5, 0.6) is 5.75 Å². The minimum atomic E-state index is -0.730. The first-order chi connectivity index (χ1) is 16.3. The van der Waals surface area contributed by atoms with Crippen LogP contribution in [0.4, 0.5) is 0 Å². The largest absolute Gasteiger partial charge is 0.491 e. The molecule has 0 spiro atoms. The van der Waals surface area contributed by atoms with E-state index in [4.69, 9.17) is 21.1 Å². The molecular weight excluding hydrogens is 472 g/mol. The van der Waals surface area contributed by atoms with Gasteiger partial charge >= 0.3 is 5.97 Å². The number of nitrogens with zero attached hydrogens (tertiary/aromatic N) is 2. The molecule has 1 aromatic heterocycles. The summed E-state index contributed by atoms with van der Waals surface area (Å²) in [5.41, 5.74) is 2.09. The minimum absolute atomic E-state index is 0.0871. The number of hydrogen-bond acceptors (Lipinski definition) is 6. The Balaban J connectivity index is 1.99. The number of ether oxygens (including phenoxy) is 2. The summed E-state index contributed by atoms with van der Waals surface area (Å²) in [6.07, 6.45) is 1.70. The van der Waals surface area contributed by atoms with Crippen molar-refractivity contribution in [2.24, 2.45) is 4.99 Å². The first kappa shape index (κ1) is 24.0. The molecule has 3 aromatic rings. The van der Waals surface area contributed by atoms with Crippen molar-refractivity contribution in [1.82, 2.24) is 4.57 Å². The molecule has 0 saturated carbocycles. The highest BCUT2D eigenvalue weighted by molar-refractivity contribution is 7.07. The van der Waals surface area contributed by atoms with Gasteiger partial charge in [-0.3, -0.25) is 9.36 Å². The van der Waals surface area contributed by atoms with Crippen molar-refractivity contribution in [3.8, 4) is 5.75 Å². The summed E-state index contributed by atoms with van der Waals surface area (Å²) in [6, 6.07) is 14.0. The van der Waals surface area contributed by atoms with Crippen LogP contribution >= 0.6 is 22.9 Å². The standard InChI is InChI=1S/C26H25ClN2O4S/c1-5-32-25(31)22-16(4)28-26-29(23(22)19-11-6-7-12-20(19)33-15(2)3)24(30)21(34-26)14-17-9-8-10-18(27)13-17/h6-15,23H,5H2,1-4H3/b21-14+/t23-/m0/s1. The Morgan fingerprint density at radius 2 is 2.00 bits per heavy atom. The van der Waals surface area contributed by atoms with E-state index in [9.17, 15) is 9.59 Å². The van der Waals surface area contributed by atoms with E-state index >= 15 is 0 Å². The maximum Gasteiger partial charge on any atom is 0.338 e. The van der Waals surface area contributed by atoms with Gasteiger partial charge in [0.2, 0.25) is 0 Å². The number of allylic oxidation sites excluding steroid dienone is 1. The lowest BCUT2D eigenvalue weighted by Gasteiger charge is -2.26. The Hall–Kier alpha value is -3.16. The SMILES string of the molecule is CCOC(=O)C1=C(C)N=c2s/c(=C/c3cccc(Cl)c3)c(=O)n2[C@H]1c1ccccc1OC(C)C. The van der Waals surface area contributed by atoms with E-state index in [1.807, 2.05) is 50.2 Å². The summed E-state index contributed by atoms with van der Waals surface area (Å²) in [6.45, 7) is 7.59. The summed E-state index contributed by atoms with van der Waals surface area (Å²) in [4.78, 5) is 31.9. The third kappa shape index (κ3) is 4.72. The van der Waals surface area contributed by atoms with Gasteiger partial charge in [-0.1, -0.05) is 53.3 Å². The molecule has 1 atom stereocenters. The number of thiazole rings is 1. The first-order valence-electron chi connectivity index (χ1n) is 11.0. The van der Waals surface area contributed by atoms with Gasteiger partial charge in [-0.15, -0.1) is 0 Å². The van der Waals surface area contributed by atoms with Crippen molar-refractivity contribution in [3.63, 3.8) is 0 Å². The molecule has 34 heavy (non-hydrogen) atoms. The van der Waals surface area contributed by atoms with Crippen LogP contribution in [0.15, 0.2) is 69.6 Å². The molecule has 0 radical (unpaired) electrons. The van der Waals surface area contributed by atoms with Gasteiger partial charge in [-0.05, 0) is 57.5 Å². The van der Waals surface area contributed by atoms with Gasteiger partial charge in [0.1, 0.15) is 11.8 Å². The lowest BCUT2D eigenvalue weighted by atomic mass is 9.95. The highest BCUT2D eigenvalue weighted by Crippen LogP contribution is 2.36. The molecule has 0 bridgehead atoms.